The van der Waals surface area contributed by atoms with Crippen LogP contribution in [0.15, 0.2) is 48.5 Å². The summed E-state index contributed by atoms with van der Waals surface area (Å²) in [7, 11) is 0. The van der Waals surface area contributed by atoms with Gasteiger partial charge >= 0.3 is 0 Å². The number of rotatable bonds is 10. The molecule has 0 fully saturated rings. The Hall–Kier alpha value is -3.55. The van der Waals surface area contributed by atoms with Gasteiger partial charge in [0.15, 0.2) is 0 Å². The molecule has 0 unspecified atom stereocenters. The fourth-order valence-electron chi connectivity index (χ4n) is 4.06. The summed E-state index contributed by atoms with van der Waals surface area (Å²) in [5.74, 6) is -1.63. The number of benzene rings is 2. The van der Waals surface area contributed by atoms with Gasteiger partial charge in [0.1, 0.15) is 11.9 Å². The van der Waals surface area contributed by atoms with E-state index in [1.807, 2.05) is 20.8 Å². The molecule has 1 aliphatic rings. The number of nitrogens with zero attached hydrogens (tertiary/aromatic N) is 2. The Balaban J connectivity index is 1.70. The molecule has 3 rings (SSSR count). The standard InChI is InChI=1S/C26H30FN3O4/c1-4-22(24(32)28-17(2)3)30(16-18-11-13-19(27)14-12-18)23(31)10-7-15-29-25(33)20-8-5-6-9-21(20)26(29)34/h5-6,8-9,11-14,17,22H,4,7,10,15-16H2,1-3H3,(H,28,32)/t22-/m0/s1. The third-order valence-corrected chi connectivity index (χ3v) is 5.73. The third-order valence-electron chi connectivity index (χ3n) is 5.73. The van der Waals surface area contributed by atoms with Crippen LogP contribution in [0.25, 0.3) is 0 Å². The van der Waals surface area contributed by atoms with Crippen molar-refractivity contribution in [2.45, 2.75) is 58.7 Å². The predicted molar refractivity (Wildman–Crippen MR) is 125 cm³/mol. The molecule has 0 saturated heterocycles. The van der Waals surface area contributed by atoms with E-state index in [0.29, 0.717) is 23.1 Å². The van der Waals surface area contributed by atoms with Gasteiger partial charge in [-0.3, -0.25) is 24.1 Å². The van der Waals surface area contributed by atoms with Crippen molar-refractivity contribution in [3.8, 4) is 0 Å². The van der Waals surface area contributed by atoms with Crippen molar-refractivity contribution in [1.29, 1.82) is 0 Å². The monoisotopic (exact) mass is 467 g/mol. The minimum absolute atomic E-state index is 0.0556. The number of amides is 4. The second kappa shape index (κ2) is 11.0. The molecule has 0 saturated carbocycles. The highest BCUT2D eigenvalue weighted by molar-refractivity contribution is 6.21. The number of carbonyl (C=O) groups excluding carboxylic acids is 4. The van der Waals surface area contributed by atoms with Crippen LogP contribution in [0.5, 0.6) is 0 Å². The van der Waals surface area contributed by atoms with Gasteiger partial charge in [-0.25, -0.2) is 4.39 Å². The van der Waals surface area contributed by atoms with E-state index in [2.05, 4.69) is 5.32 Å². The first-order valence-corrected chi connectivity index (χ1v) is 11.5. The lowest BCUT2D eigenvalue weighted by molar-refractivity contribution is -0.141. The highest BCUT2D eigenvalue weighted by Gasteiger charge is 2.35. The molecule has 1 atom stereocenters. The summed E-state index contributed by atoms with van der Waals surface area (Å²) in [5.41, 5.74) is 1.44. The van der Waals surface area contributed by atoms with E-state index >= 15 is 0 Å². The second-order valence-corrected chi connectivity index (χ2v) is 8.65. The summed E-state index contributed by atoms with van der Waals surface area (Å²) in [6, 6.07) is 11.7. The van der Waals surface area contributed by atoms with E-state index < -0.39 is 6.04 Å². The number of fused-ring (bicyclic) bond motifs is 1. The zero-order chi connectivity index (χ0) is 24.8. The molecule has 1 heterocycles. The van der Waals surface area contributed by atoms with Crippen LogP contribution in [0.4, 0.5) is 4.39 Å². The minimum Gasteiger partial charge on any atom is -0.352 e. The molecule has 1 aliphatic heterocycles. The van der Waals surface area contributed by atoms with Gasteiger partial charge in [0.2, 0.25) is 11.8 Å². The molecule has 34 heavy (non-hydrogen) atoms. The Morgan fingerprint density at radius 2 is 1.59 bits per heavy atom. The molecule has 4 amide bonds. The average molecular weight is 468 g/mol. The molecule has 1 N–H and O–H groups in total. The number of halogens is 1. The lowest BCUT2D eigenvalue weighted by Gasteiger charge is -2.31. The van der Waals surface area contributed by atoms with Gasteiger partial charge in [-0.05, 0) is 56.5 Å². The van der Waals surface area contributed by atoms with Crippen LogP contribution in [0, 0.1) is 5.82 Å². The molecule has 180 valence electrons. The van der Waals surface area contributed by atoms with Crippen molar-refractivity contribution >= 4 is 23.6 Å². The Labute approximate surface area is 198 Å². The summed E-state index contributed by atoms with van der Waals surface area (Å²) in [6.45, 7) is 5.78. The molecule has 0 radical (unpaired) electrons. The van der Waals surface area contributed by atoms with Crippen molar-refractivity contribution in [3.63, 3.8) is 0 Å². The van der Waals surface area contributed by atoms with Crippen LogP contribution >= 0.6 is 0 Å². The number of carbonyl (C=O) groups is 4. The molecule has 0 spiro atoms. The minimum atomic E-state index is -0.695. The molecule has 0 bridgehead atoms. The highest BCUT2D eigenvalue weighted by Crippen LogP contribution is 2.23. The summed E-state index contributed by atoms with van der Waals surface area (Å²) in [6.07, 6.45) is 0.733. The third kappa shape index (κ3) is 5.68. The fraction of sp³-hybridized carbons (Fsp3) is 0.385. The molecule has 2 aromatic carbocycles. The Morgan fingerprint density at radius 3 is 2.12 bits per heavy atom. The van der Waals surface area contributed by atoms with Crippen LogP contribution < -0.4 is 5.32 Å². The van der Waals surface area contributed by atoms with Crippen LogP contribution in [-0.4, -0.2) is 52.1 Å². The van der Waals surface area contributed by atoms with Crippen LogP contribution in [0.3, 0.4) is 0 Å². The lowest BCUT2D eigenvalue weighted by Crippen LogP contribution is -2.50. The summed E-state index contributed by atoms with van der Waals surface area (Å²) in [5, 5.41) is 2.86. The zero-order valence-electron chi connectivity index (χ0n) is 19.7. The van der Waals surface area contributed by atoms with Crippen molar-refractivity contribution in [2.75, 3.05) is 6.54 Å². The van der Waals surface area contributed by atoms with Crippen LogP contribution in [0.1, 0.15) is 66.3 Å². The van der Waals surface area contributed by atoms with E-state index in [1.54, 1.807) is 36.4 Å². The van der Waals surface area contributed by atoms with Gasteiger partial charge in [-0.2, -0.15) is 0 Å². The Kier molecular flexibility index (Phi) is 8.15. The van der Waals surface area contributed by atoms with Gasteiger partial charge in [0.25, 0.3) is 11.8 Å². The topological polar surface area (TPSA) is 86.8 Å². The van der Waals surface area contributed by atoms with Crippen molar-refractivity contribution < 1.29 is 23.6 Å². The van der Waals surface area contributed by atoms with Gasteiger partial charge in [0.05, 0.1) is 11.1 Å². The van der Waals surface area contributed by atoms with E-state index in [0.717, 1.165) is 4.90 Å². The SMILES string of the molecule is CC[C@@H](C(=O)NC(C)C)N(Cc1ccc(F)cc1)C(=O)CCCN1C(=O)c2ccccc2C1=O. The van der Waals surface area contributed by atoms with E-state index in [1.165, 1.54) is 17.0 Å². The maximum atomic E-state index is 13.4. The smallest absolute Gasteiger partial charge is 0.261 e. The quantitative estimate of drug-likeness (QED) is 0.542. The molecule has 0 aliphatic carbocycles. The molecule has 2 aromatic rings. The van der Waals surface area contributed by atoms with Crippen LogP contribution in [-0.2, 0) is 16.1 Å². The van der Waals surface area contributed by atoms with Gasteiger partial charge in [-0.1, -0.05) is 31.2 Å². The Bertz CT molecular complexity index is 1030. The van der Waals surface area contributed by atoms with Crippen molar-refractivity contribution in [3.05, 3.63) is 71.0 Å². The normalized spacial score (nSPS) is 13.7. The first-order chi connectivity index (χ1) is 16.2. The zero-order valence-corrected chi connectivity index (χ0v) is 19.7. The maximum Gasteiger partial charge on any atom is 0.261 e. The highest BCUT2D eigenvalue weighted by atomic mass is 19.1. The summed E-state index contributed by atoms with van der Waals surface area (Å²) >= 11 is 0. The maximum absolute atomic E-state index is 13.4. The van der Waals surface area contributed by atoms with Crippen molar-refractivity contribution in [2.24, 2.45) is 0 Å². The second-order valence-electron chi connectivity index (χ2n) is 8.65. The fourth-order valence-corrected chi connectivity index (χ4v) is 4.06. The molecule has 7 nitrogen and oxygen atoms in total. The van der Waals surface area contributed by atoms with Crippen LogP contribution in [0.2, 0.25) is 0 Å². The van der Waals surface area contributed by atoms with Gasteiger partial charge in [0, 0.05) is 25.6 Å². The van der Waals surface area contributed by atoms with Crippen molar-refractivity contribution in [1.82, 2.24) is 15.1 Å². The number of imide groups is 1. The number of hydrogen-bond acceptors (Lipinski definition) is 4. The van der Waals surface area contributed by atoms with E-state index in [-0.39, 0.29) is 61.4 Å². The lowest BCUT2D eigenvalue weighted by atomic mass is 10.1. The van der Waals surface area contributed by atoms with E-state index in [4.69, 9.17) is 0 Å². The largest absolute Gasteiger partial charge is 0.352 e. The summed E-state index contributed by atoms with van der Waals surface area (Å²) < 4.78 is 13.4. The van der Waals surface area contributed by atoms with Gasteiger partial charge in [-0.15, -0.1) is 0 Å². The number of nitrogens with one attached hydrogen (secondary N) is 1. The summed E-state index contributed by atoms with van der Waals surface area (Å²) in [4.78, 5) is 53.8. The van der Waals surface area contributed by atoms with E-state index in [9.17, 15) is 23.6 Å². The molecule has 0 aromatic heterocycles. The first-order valence-electron chi connectivity index (χ1n) is 11.5. The predicted octanol–water partition coefficient (Wildman–Crippen LogP) is 3.53. The molecule has 8 heteroatoms. The average Bonchev–Trinajstić information content (AvgIpc) is 3.04. The molecular weight excluding hydrogens is 437 g/mol. The van der Waals surface area contributed by atoms with Gasteiger partial charge < -0.3 is 10.2 Å². The number of hydrogen-bond donors (Lipinski definition) is 1. The first kappa shape index (κ1) is 25.1. The molecular formula is C26H30FN3O4. The Morgan fingerprint density at radius 1 is 1.00 bits per heavy atom.